The minimum Gasteiger partial charge on any atom is -0.295 e. The van der Waals surface area contributed by atoms with Gasteiger partial charge < -0.3 is 0 Å². The highest BCUT2D eigenvalue weighted by molar-refractivity contribution is 6.23. The average Bonchev–Trinajstić information content (AvgIpc) is 2.57. The molecule has 2 heterocycles. The van der Waals surface area contributed by atoms with E-state index < -0.39 is 23.8 Å². The maximum absolute atomic E-state index is 12.5. The van der Waals surface area contributed by atoms with E-state index >= 15 is 0 Å². The number of aryl methyl sites for hydroxylation is 1. The summed E-state index contributed by atoms with van der Waals surface area (Å²) in [6.45, 7) is 1.75. The maximum atomic E-state index is 12.5. The van der Waals surface area contributed by atoms with Crippen LogP contribution in [0.25, 0.3) is 0 Å². The van der Waals surface area contributed by atoms with Gasteiger partial charge in [0.15, 0.2) is 0 Å². The lowest BCUT2D eigenvalue weighted by Crippen LogP contribution is -2.49. The van der Waals surface area contributed by atoms with Crippen LogP contribution in [0.5, 0.6) is 0 Å². The molecular formula is C15H14N2O4. The zero-order chi connectivity index (χ0) is 15.1. The first kappa shape index (κ1) is 13.5. The van der Waals surface area contributed by atoms with Crippen LogP contribution in [0.15, 0.2) is 18.2 Å². The molecule has 1 saturated heterocycles. The largest absolute Gasteiger partial charge is 0.295 e. The van der Waals surface area contributed by atoms with Gasteiger partial charge in [0.25, 0.3) is 11.8 Å². The highest BCUT2D eigenvalue weighted by atomic mass is 16.2. The van der Waals surface area contributed by atoms with Gasteiger partial charge in [-0.25, -0.2) is 0 Å². The fourth-order valence-corrected chi connectivity index (χ4v) is 2.87. The van der Waals surface area contributed by atoms with E-state index in [1.54, 1.807) is 25.1 Å². The van der Waals surface area contributed by atoms with E-state index in [1.807, 2.05) is 0 Å². The summed E-state index contributed by atoms with van der Waals surface area (Å²) in [7, 11) is 0. The SMILES string of the molecule is Cc1cccc2c1C(=O)N([C@H]1CCCC(=O)NC1=O)C2=O. The number of amides is 4. The number of fused-ring (bicyclic) bond motifs is 1. The molecule has 0 bridgehead atoms. The number of carbonyl (C=O) groups excluding carboxylic acids is 4. The van der Waals surface area contributed by atoms with Crippen LogP contribution in [0.4, 0.5) is 0 Å². The fraction of sp³-hybridized carbons (Fsp3) is 0.333. The number of nitrogens with one attached hydrogen (secondary N) is 1. The monoisotopic (exact) mass is 286 g/mol. The molecule has 1 aromatic rings. The molecule has 2 aliphatic heterocycles. The van der Waals surface area contributed by atoms with E-state index in [4.69, 9.17) is 0 Å². The van der Waals surface area contributed by atoms with E-state index in [2.05, 4.69) is 5.32 Å². The Morgan fingerprint density at radius 1 is 1.14 bits per heavy atom. The number of carbonyl (C=O) groups is 4. The molecule has 3 rings (SSSR count). The summed E-state index contributed by atoms with van der Waals surface area (Å²) in [5.74, 6) is -1.87. The second-order valence-corrected chi connectivity index (χ2v) is 5.30. The maximum Gasteiger partial charge on any atom is 0.262 e. The van der Waals surface area contributed by atoms with Crippen LogP contribution in [0.3, 0.4) is 0 Å². The number of imide groups is 2. The van der Waals surface area contributed by atoms with Gasteiger partial charge in [-0.05, 0) is 31.4 Å². The van der Waals surface area contributed by atoms with Crippen molar-refractivity contribution >= 4 is 23.6 Å². The summed E-state index contributed by atoms with van der Waals surface area (Å²) in [6.07, 6.45) is 1.00. The summed E-state index contributed by atoms with van der Waals surface area (Å²) >= 11 is 0. The molecule has 6 nitrogen and oxygen atoms in total. The van der Waals surface area contributed by atoms with Crippen LogP contribution in [0.2, 0.25) is 0 Å². The molecule has 1 atom stereocenters. The van der Waals surface area contributed by atoms with E-state index in [0.29, 0.717) is 29.5 Å². The highest BCUT2D eigenvalue weighted by Crippen LogP contribution is 2.29. The van der Waals surface area contributed by atoms with E-state index in [9.17, 15) is 19.2 Å². The van der Waals surface area contributed by atoms with Crippen LogP contribution in [-0.4, -0.2) is 34.6 Å². The minimum atomic E-state index is -0.914. The van der Waals surface area contributed by atoms with E-state index in [0.717, 1.165) is 4.90 Å². The number of nitrogens with zero attached hydrogens (tertiary/aromatic N) is 1. The van der Waals surface area contributed by atoms with Gasteiger partial charge in [-0.1, -0.05) is 12.1 Å². The molecule has 0 aromatic heterocycles. The summed E-state index contributed by atoms with van der Waals surface area (Å²) in [6, 6.07) is 4.13. The standard InChI is InChI=1S/C15H14N2O4/c1-8-4-2-5-9-12(8)15(21)17(14(9)20)10-6-3-7-11(18)16-13(10)19/h2,4-5,10H,3,6-7H2,1H3,(H,16,18,19)/t10-/m0/s1. The summed E-state index contributed by atoms with van der Waals surface area (Å²) in [4.78, 5) is 49.4. The van der Waals surface area contributed by atoms with E-state index in [-0.39, 0.29) is 12.3 Å². The molecule has 1 N–H and O–H groups in total. The van der Waals surface area contributed by atoms with Crippen molar-refractivity contribution in [2.24, 2.45) is 0 Å². The zero-order valence-electron chi connectivity index (χ0n) is 11.5. The summed E-state index contributed by atoms with van der Waals surface area (Å²) < 4.78 is 0. The molecule has 21 heavy (non-hydrogen) atoms. The first-order valence-electron chi connectivity index (χ1n) is 6.82. The molecule has 0 spiro atoms. The number of benzene rings is 1. The van der Waals surface area contributed by atoms with Crippen molar-refractivity contribution in [2.45, 2.75) is 32.2 Å². The van der Waals surface area contributed by atoms with Gasteiger partial charge in [-0.15, -0.1) is 0 Å². The van der Waals surface area contributed by atoms with Gasteiger partial charge in [0.05, 0.1) is 11.1 Å². The predicted molar refractivity (Wildman–Crippen MR) is 72.5 cm³/mol. The highest BCUT2D eigenvalue weighted by Gasteiger charge is 2.44. The first-order valence-corrected chi connectivity index (χ1v) is 6.82. The Morgan fingerprint density at radius 2 is 1.90 bits per heavy atom. The Labute approximate surface area is 121 Å². The molecule has 1 aromatic carbocycles. The smallest absolute Gasteiger partial charge is 0.262 e. The molecule has 1 fully saturated rings. The predicted octanol–water partition coefficient (Wildman–Crippen LogP) is 0.786. The molecule has 2 aliphatic rings. The Morgan fingerprint density at radius 3 is 2.62 bits per heavy atom. The quantitative estimate of drug-likeness (QED) is 0.773. The molecule has 0 saturated carbocycles. The van der Waals surface area contributed by atoms with Gasteiger partial charge in [0, 0.05) is 6.42 Å². The first-order chi connectivity index (χ1) is 10.0. The number of hydrogen-bond donors (Lipinski definition) is 1. The van der Waals surface area contributed by atoms with E-state index in [1.165, 1.54) is 0 Å². The van der Waals surface area contributed by atoms with Crippen molar-refractivity contribution in [3.8, 4) is 0 Å². The summed E-state index contributed by atoms with van der Waals surface area (Å²) in [5, 5.41) is 2.23. The Bertz CT molecular complexity index is 680. The molecule has 0 aliphatic carbocycles. The van der Waals surface area contributed by atoms with Crippen molar-refractivity contribution in [3.05, 3.63) is 34.9 Å². The lowest BCUT2D eigenvalue weighted by Gasteiger charge is -2.23. The lowest BCUT2D eigenvalue weighted by atomic mass is 10.0. The van der Waals surface area contributed by atoms with Crippen molar-refractivity contribution in [3.63, 3.8) is 0 Å². The molecule has 4 amide bonds. The average molecular weight is 286 g/mol. The van der Waals surface area contributed by atoms with Crippen molar-refractivity contribution in [1.82, 2.24) is 10.2 Å². The Balaban J connectivity index is 2.00. The number of hydrogen-bond acceptors (Lipinski definition) is 4. The van der Waals surface area contributed by atoms with Gasteiger partial charge in [-0.3, -0.25) is 29.4 Å². The van der Waals surface area contributed by atoms with Gasteiger partial charge in [0.2, 0.25) is 11.8 Å². The van der Waals surface area contributed by atoms with Gasteiger partial charge in [0.1, 0.15) is 6.04 Å². The molecular weight excluding hydrogens is 272 g/mol. The third-order valence-corrected chi connectivity index (χ3v) is 3.91. The van der Waals surface area contributed by atoms with Crippen molar-refractivity contribution in [2.75, 3.05) is 0 Å². The zero-order valence-corrected chi connectivity index (χ0v) is 11.5. The second kappa shape index (κ2) is 4.80. The van der Waals surface area contributed by atoms with Crippen LogP contribution in [-0.2, 0) is 9.59 Å². The normalized spacial score (nSPS) is 22.1. The van der Waals surface area contributed by atoms with Crippen LogP contribution in [0, 0.1) is 6.92 Å². The second-order valence-electron chi connectivity index (χ2n) is 5.30. The number of rotatable bonds is 1. The molecule has 0 unspecified atom stereocenters. The van der Waals surface area contributed by atoms with Crippen LogP contribution < -0.4 is 5.32 Å². The summed E-state index contributed by atoms with van der Waals surface area (Å²) in [5.41, 5.74) is 1.38. The Hall–Kier alpha value is -2.50. The van der Waals surface area contributed by atoms with Gasteiger partial charge in [-0.2, -0.15) is 0 Å². The Kier molecular flexibility index (Phi) is 3.08. The van der Waals surface area contributed by atoms with Crippen LogP contribution >= 0.6 is 0 Å². The van der Waals surface area contributed by atoms with Crippen molar-refractivity contribution in [1.29, 1.82) is 0 Å². The molecule has 0 radical (unpaired) electrons. The lowest BCUT2D eigenvalue weighted by molar-refractivity contribution is -0.131. The van der Waals surface area contributed by atoms with Crippen LogP contribution in [0.1, 0.15) is 45.5 Å². The minimum absolute atomic E-state index is 0.227. The van der Waals surface area contributed by atoms with Gasteiger partial charge >= 0.3 is 0 Å². The molecule has 6 heteroatoms. The topological polar surface area (TPSA) is 83.6 Å². The third-order valence-electron chi connectivity index (χ3n) is 3.91. The fourth-order valence-electron chi connectivity index (χ4n) is 2.87. The third kappa shape index (κ3) is 2.03. The molecule has 108 valence electrons. The van der Waals surface area contributed by atoms with Crippen molar-refractivity contribution < 1.29 is 19.2 Å².